The predicted octanol–water partition coefficient (Wildman–Crippen LogP) is 1.80. The first-order valence-electron chi connectivity index (χ1n) is 5.77. The highest BCUT2D eigenvalue weighted by Gasteiger charge is 2.14. The molecular weight excluding hydrogens is 206 g/mol. The molecule has 3 nitrogen and oxygen atoms in total. The monoisotopic (exact) mass is 229 g/mol. The van der Waals surface area contributed by atoms with Gasteiger partial charge in [0.2, 0.25) is 0 Å². The highest BCUT2D eigenvalue weighted by molar-refractivity contribution is 8.14. The fraction of sp³-hybridized carbons (Fsp3) is 0.909. The van der Waals surface area contributed by atoms with Gasteiger partial charge in [0, 0.05) is 24.4 Å². The van der Waals surface area contributed by atoms with Gasteiger partial charge in [-0.3, -0.25) is 4.99 Å². The van der Waals surface area contributed by atoms with Gasteiger partial charge in [0.15, 0.2) is 5.17 Å². The van der Waals surface area contributed by atoms with Crippen LogP contribution in [0.5, 0.6) is 0 Å². The lowest BCUT2D eigenvalue weighted by Gasteiger charge is -2.22. The highest BCUT2D eigenvalue weighted by Crippen LogP contribution is 2.12. The second kappa shape index (κ2) is 6.38. The molecule has 0 aromatic heterocycles. The maximum atomic E-state index is 4.56. The number of likely N-dealkylation sites (N-methyl/N-ethyl adjacent to an activating group) is 1. The summed E-state index contributed by atoms with van der Waals surface area (Å²) in [6.45, 7) is 8.64. The Hall–Kier alpha value is -0.220. The van der Waals surface area contributed by atoms with E-state index in [9.17, 15) is 0 Å². The molecule has 1 aliphatic heterocycles. The number of nitrogens with one attached hydrogen (secondary N) is 1. The van der Waals surface area contributed by atoms with Crippen LogP contribution in [-0.2, 0) is 0 Å². The summed E-state index contributed by atoms with van der Waals surface area (Å²) < 4.78 is 0. The second-order valence-corrected chi connectivity index (χ2v) is 5.29. The predicted molar refractivity (Wildman–Crippen MR) is 69.7 cm³/mol. The first kappa shape index (κ1) is 12.8. The fourth-order valence-corrected chi connectivity index (χ4v) is 2.39. The molecule has 0 aromatic rings. The van der Waals surface area contributed by atoms with Gasteiger partial charge in [-0.1, -0.05) is 18.7 Å². The maximum Gasteiger partial charge on any atom is 0.156 e. The van der Waals surface area contributed by atoms with Crippen LogP contribution in [0.1, 0.15) is 27.2 Å². The molecule has 0 bridgehead atoms. The van der Waals surface area contributed by atoms with Crippen molar-refractivity contribution in [3.05, 3.63) is 0 Å². The Morgan fingerprint density at radius 3 is 2.93 bits per heavy atom. The summed E-state index contributed by atoms with van der Waals surface area (Å²) in [5.41, 5.74) is 0. The van der Waals surface area contributed by atoms with Gasteiger partial charge in [0.25, 0.3) is 0 Å². The lowest BCUT2D eigenvalue weighted by Crippen LogP contribution is -2.31. The summed E-state index contributed by atoms with van der Waals surface area (Å²) in [6, 6.07) is 1.24. The van der Waals surface area contributed by atoms with Crippen molar-refractivity contribution in [3.8, 4) is 0 Å². The summed E-state index contributed by atoms with van der Waals surface area (Å²) in [5, 5.41) is 4.49. The van der Waals surface area contributed by atoms with Gasteiger partial charge in [-0.15, -0.1) is 0 Å². The first-order valence-corrected chi connectivity index (χ1v) is 6.76. The lowest BCUT2D eigenvalue weighted by molar-refractivity contribution is 0.259. The fourth-order valence-electron chi connectivity index (χ4n) is 1.43. The van der Waals surface area contributed by atoms with Gasteiger partial charge >= 0.3 is 0 Å². The van der Waals surface area contributed by atoms with E-state index in [1.165, 1.54) is 6.42 Å². The molecule has 2 atom stereocenters. The van der Waals surface area contributed by atoms with Gasteiger partial charge in [-0.05, 0) is 27.3 Å². The summed E-state index contributed by atoms with van der Waals surface area (Å²) in [7, 11) is 2.17. The van der Waals surface area contributed by atoms with E-state index in [0.717, 1.165) is 24.0 Å². The van der Waals surface area contributed by atoms with Gasteiger partial charge in [-0.2, -0.15) is 0 Å². The molecule has 0 aromatic carbocycles. The van der Waals surface area contributed by atoms with Crippen LogP contribution in [0.3, 0.4) is 0 Å². The van der Waals surface area contributed by atoms with Crippen molar-refractivity contribution in [1.29, 1.82) is 0 Å². The van der Waals surface area contributed by atoms with Crippen molar-refractivity contribution in [3.63, 3.8) is 0 Å². The zero-order valence-electron chi connectivity index (χ0n) is 10.3. The van der Waals surface area contributed by atoms with E-state index in [1.807, 2.05) is 11.8 Å². The number of hydrogen-bond acceptors (Lipinski definition) is 3. The first-order chi connectivity index (χ1) is 7.13. The Morgan fingerprint density at radius 1 is 1.67 bits per heavy atom. The van der Waals surface area contributed by atoms with E-state index >= 15 is 0 Å². The Balaban J connectivity index is 2.20. The SMILES string of the molecule is CCC(C)N(C)CCN=C1NC(C)CS1. The molecule has 1 rings (SSSR count). The Labute approximate surface area is 97.7 Å². The number of thioether (sulfide) groups is 1. The molecule has 1 N–H and O–H groups in total. The minimum absolute atomic E-state index is 0.584. The van der Waals surface area contributed by atoms with E-state index in [0.29, 0.717) is 12.1 Å². The molecule has 0 radical (unpaired) electrons. The molecule has 15 heavy (non-hydrogen) atoms. The third-order valence-electron chi connectivity index (χ3n) is 2.89. The molecule has 0 aliphatic carbocycles. The molecule has 88 valence electrons. The molecule has 0 saturated carbocycles. The maximum absolute atomic E-state index is 4.56. The van der Waals surface area contributed by atoms with Gasteiger partial charge in [0.1, 0.15) is 0 Å². The third-order valence-corrected chi connectivity index (χ3v) is 4.08. The highest BCUT2D eigenvalue weighted by atomic mass is 32.2. The quantitative estimate of drug-likeness (QED) is 0.779. The Kier molecular flexibility index (Phi) is 5.47. The van der Waals surface area contributed by atoms with E-state index < -0.39 is 0 Å². The van der Waals surface area contributed by atoms with Crippen LogP contribution >= 0.6 is 11.8 Å². The molecule has 1 heterocycles. The molecule has 2 unspecified atom stereocenters. The van der Waals surface area contributed by atoms with E-state index in [1.54, 1.807) is 0 Å². The van der Waals surface area contributed by atoms with Crippen molar-refractivity contribution in [2.24, 2.45) is 4.99 Å². The van der Waals surface area contributed by atoms with Gasteiger partial charge in [0.05, 0.1) is 6.54 Å². The third kappa shape index (κ3) is 4.43. The summed E-state index contributed by atoms with van der Waals surface area (Å²) in [5.74, 6) is 1.15. The van der Waals surface area contributed by atoms with Crippen molar-refractivity contribution in [2.45, 2.75) is 39.3 Å². The topological polar surface area (TPSA) is 27.6 Å². The van der Waals surface area contributed by atoms with E-state index in [-0.39, 0.29) is 0 Å². The molecule has 1 saturated heterocycles. The van der Waals surface area contributed by atoms with Crippen LogP contribution in [0.15, 0.2) is 4.99 Å². The number of amidine groups is 1. The smallest absolute Gasteiger partial charge is 0.156 e. The average Bonchev–Trinajstić information content (AvgIpc) is 2.63. The van der Waals surface area contributed by atoms with Crippen LogP contribution in [0, 0.1) is 0 Å². The van der Waals surface area contributed by atoms with Crippen LogP contribution in [0.25, 0.3) is 0 Å². The van der Waals surface area contributed by atoms with Crippen LogP contribution in [-0.4, -0.2) is 48.0 Å². The zero-order chi connectivity index (χ0) is 11.3. The molecule has 1 aliphatic rings. The van der Waals surface area contributed by atoms with Crippen molar-refractivity contribution >= 4 is 16.9 Å². The average molecular weight is 229 g/mol. The summed E-state index contributed by atoms with van der Waals surface area (Å²) in [4.78, 5) is 6.93. The van der Waals surface area contributed by atoms with Crippen molar-refractivity contribution < 1.29 is 0 Å². The van der Waals surface area contributed by atoms with Crippen LogP contribution < -0.4 is 5.32 Å². The van der Waals surface area contributed by atoms with Crippen molar-refractivity contribution in [2.75, 3.05) is 25.9 Å². The lowest BCUT2D eigenvalue weighted by atomic mass is 10.2. The minimum Gasteiger partial charge on any atom is -0.362 e. The van der Waals surface area contributed by atoms with Crippen molar-refractivity contribution in [1.82, 2.24) is 10.2 Å². The Morgan fingerprint density at radius 2 is 2.40 bits per heavy atom. The number of aliphatic imine (C=N–C) groups is 1. The number of rotatable bonds is 5. The summed E-state index contributed by atoms with van der Waals surface area (Å²) >= 11 is 1.84. The normalized spacial score (nSPS) is 25.9. The molecular formula is C11H23N3S. The minimum atomic E-state index is 0.584. The molecule has 1 fully saturated rings. The molecule has 0 amide bonds. The van der Waals surface area contributed by atoms with E-state index in [2.05, 4.69) is 43.0 Å². The van der Waals surface area contributed by atoms with Gasteiger partial charge in [-0.25, -0.2) is 0 Å². The largest absolute Gasteiger partial charge is 0.362 e. The van der Waals surface area contributed by atoms with Gasteiger partial charge < -0.3 is 10.2 Å². The second-order valence-electron chi connectivity index (χ2n) is 4.28. The van der Waals surface area contributed by atoms with E-state index in [4.69, 9.17) is 0 Å². The summed E-state index contributed by atoms with van der Waals surface area (Å²) in [6.07, 6.45) is 1.21. The number of nitrogens with zero attached hydrogens (tertiary/aromatic N) is 2. The zero-order valence-corrected chi connectivity index (χ0v) is 11.1. The Bertz CT molecular complexity index is 218. The van der Waals surface area contributed by atoms with Crippen LogP contribution in [0.2, 0.25) is 0 Å². The van der Waals surface area contributed by atoms with Crippen LogP contribution in [0.4, 0.5) is 0 Å². The molecule has 4 heteroatoms. The molecule has 0 spiro atoms. The standard InChI is InChI=1S/C11H23N3S/c1-5-10(3)14(4)7-6-12-11-13-9(2)8-15-11/h9-10H,5-8H2,1-4H3,(H,12,13). The number of hydrogen-bond donors (Lipinski definition) is 1.